The molecule has 4 unspecified atom stereocenters. The lowest BCUT2D eigenvalue weighted by Crippen LogP contribution is -2.31. The van der Waals surface area contributed by atoms with Crippen LogP contribution in [0.25, 0.3) is 46.4 Å². The maximum Gasteiger partial charge on any atom is 0.125 e. The second-order valence-electron chi connectivity index (χ2n) is 17.7. The van der Waals surface area contributed by atoms with Gasteiger partial charge in [-0.2, -0.15) is 0 Å². The Labute approximate surface area is 381 Å². The highest BCUT2D eigenvalue weighted by molar-refractivity contribution is 5.86. The molecule has 0 fully saturated rings. The number of unbranched alkanes of at least 4 members (excludes halogenated alkanes) is 4. The molecule has 6 aliphatic heterocycles. The first-order valence-electron chi connectivity index (χ1n) is 24.2. The van der Waals surface area contributed by atoms with Crippen molar-refractivity contribution in [2.75, 3.05) is 26.2 Å². The molecule has 0 saturated carbocycles. The Morgan fingerprint density at radius 3 is 1.48 bits per heavy atom. The molecule has 1 N–H and O–H groups in total. The Hall–Kier alpha value is -6.28. The summed E-state index contributed by atoms with van der Waals surface area (Å²) in [6.07, 6.45) is 54.5. The van der Waals surface area contributed by atoms with E-state index in [0.29, 0.717) is 0 Å². The fourth-order valence-corrected chi connectivity index (χ4v) is 9.94. The molecular weight excluding hydrogens is 785 g/mol. The van der Waals surface area contributed by atoms with E-state index in [1.54, 1.807) is 0 Å². The van der Waals surface area contributed by atoms with Crippen molar-refractivity contribution in [2.24, 2.45) is 0 Å². The summed E-state index contributed by atoms with van der Waals surface area (Å²) in [5.74, 6) is 0. The fraction of sp³-hybridized carbons (Fsp3) is 0.357. The smallest absolute Gasteiger partial charge is 0.125 e. The summed E-state index contributed by atoms with van der Waals surface area (Å²) >= 11 is 0. The molecule has 0 amide bonds. The molecule has 9 heterocycles. The van der Waals surface area contributed by atoms with Crippen molar-refractivity contribution in [3.63, 3.8) is 0 Å². The van der Waals surface area contributed by atoms with Crippen LogP contribution in [0.15, 0.2) is 128 Å². The molecule has 8 bridgehead atoms. The molecular formula is C56H66N8. The molecule has 8 heteroatoms. The second kappa shape index (κ2) is 20.0. The summed E-state index contributed by atoms with van der Waals surface area (Å²) in [5.41, 5.74) is 12.2. The van der Waals surface area contributed by atoms with Gasteiger partial charge in [-0.05, 0) is 129 Å². The standard InChI is InChI=1S/C56H66N8/c1-5-9-31-60-35-17-13-21-48(60)53-47-30-29-45(59-47)40-44-26-25-42(57-44)39-43-27-28-46(58-43)41-51-54(49-22-14-18-36-61(49)32-10-6-2)55(50-23-15-19-37-62(50)33-11-7-3)56(53)64(51)52-24-16-20-38-63(52)34-12-8-4/h13-30,35-41,48-50,52,57H,5-12,31-34H2,1-4H3. The zero-order valence-electron chi connectivity index (χ0n) is 38.4. The molecule has 9 rings (SSSR count). The maximum absolute atomic E-state index is 5.63. The van der Waals surface area contributed by atoms with Gasteiger partial charge in [-0.3, -0.25) is 0 Å². The number of nitrogens with zero attached hydrogens (tertiary/aromatic N) is 7. The number of hydrogen-bond acceptors (Lipinski definition) is 6. The molecule has 3 aromatic rings. The summed E-state index contributed by atoms with van der Waals surface area (Å²) in [7, 11) is 0. The Morgan fingerprint density at radius 1 is 0.469 bits per heavy atom. The van der Waals surface area contributed by atoms with E-state index >= 15 is 0 Å². The lowest BCUT2D eigenvalue weighted by atomic mass is 9.89. The van der Waals surface area contributed by atoms with Gasteiger partial charge in [0.25, 0.3) is 0 Å². The van der Waals surface area contributed by atoms with Crippen LogP contribution in [0.4, 0.5) is 0 Å². The molecule has 0 aliphatic carbocycles. The van der Waals surface area contributed by atoms with Crippen molar-refractivity contribution in [3.05, 3.63) is 168 Å². The Balaban J connectivity index is 1.52. The topological polar surface area (TPSA) is 59.5 Å². The molecule has 4 atom stereocenters. The molecule has 6 aliphatic rings. The van der Waals surface area contributed by atoms with Gasteiger partial charge in [0.15, 0.2) is 0 Å². The number of nitrogens with one attached hydrogen (secondary N) is 1. The first-order valence-corrected chi connectivity index (χ1v) is 24.2. The van der Waals surface area contributed by atoms with Gasteiger partial charge in [-0.25, -0.2) is 9.97 Å². The van der Waals surface area contributed by atoms with Crippen molar-refractivity contribution in [1.29, 1.82) is 0 Å². The number of allylic oxidation sites excluding steroid dienone is 8. The van der Waals surface area contributed by atoms with E-state index in [2.05, 4.69) is 209 Å². The fourth-order valence-electron chi connectivity index (χ4n) is 9.94. The summed E-state index contributed by atoms with van der Waals surface area (Å²) in [6.45, 7) is 13.0. The minimum atomic E-state index is -0.108. The van der Waals surface area contributed by atoms with E-state index in [4.69, 9.17) is 9.97 Å². The van der Waals surface area contributed by atoms with E-state index in [-0.39, 0.29) is 24.3 Å². The minimum absolute atomic E-state index is 0.0202. The number of rotatable bonds is 16. The normalized spacial score (nSPS) is 20.8. The molecule has 0 saturated heterocycles. The highest BCUT2D eigenvalue weighted by atomic mass is 15.3. The summed E-state index contributed by atoms with van der Waals surface area (Å²) in [5, 5.41) is 0. The molecule has 0 radical (unpaired) electrons. The van der Waals surface area contributed by atoms with Crippen molar-refractivity contribution in [1.82, 2.24) is 39.1 Å². The van der Waals surface area contributed by atoms with Gasteiger partial charge in [0.1, 0.15) is 6.17 Å². The van der Waals surface area contributed by atoms with Crippen molar-refractivity contribution < 1.29 is 0 Å². The van der Waals surface area contributed by atoms with E-state index < -0.39 is 0 Å². The first kappa shape index (κ1) is 43.0. The third-order valence-electron chi connectivity index (χ3n) is 13.2. The monoisotopic (exact) mass is 851 g/mol. The van der Waals surface area contributed by atoms with Crippen LogP contribution in [-0.2, 0) is 0 Å². The zero-order valence-corrected chi connectivity index (χ0v) is 38.4. The van der Waals surface area contributed by atoms with E-state index in [1.165, 1.54) is 27.7 Å². The summed E-state index contributed by atoms with van der Waals surface area (Å²) in [4.78, 5) is 24.9. The van der Waals surface area contributed by atoms with E-state index in [1.807, 2.05) is 0 Å². The number of fused-ring (bicyclic) bond motifs is 8. The van der Waals surface area contributed by atoms with Crippen molar-refractivity contribution in [3.8, 4) is 0 Å². The van der Waals surface area contributed by atoms with Crippen molar-refractivity contribution in [2.45, 2.75) is 103 Å². The molecule has 0 spiro atoms. The van der Waals surface area contributed by atoms with Gasteiger partial charge in [-0.1, -0.05) is 95.9 Å². The maximum atomic E-state index is 5.63. The van der Waals surface area contributed by atoms with Crippen LogP contribution < -0.4 is 0 Å². The van der Waals surface area contributed by atoms with Gasteiger partial charge >= 0.3 is 0 Å². The van der Waals surface area contributed by atoms with Gasteiger partial charge in [0.2, 0.25) is 0 Å². The van der Waals surface area contributed by atoms with Crippen LogP contribution in [0.1, 0.15) is 143 Å². The van der Waals surface area contributed by atoms with Crippen LogP contribution >= 0.6 is 0 Å². The third-order valence-corrected chi connectivity index (χ3v) is 13.2. The Kier molecular flexibility index (Phi) is 13.5. The average molecular weight is 851 g/mol. The number of aromatic amines is 1. The number of H-pyrrole nitrogens is 1. The third kappa shape index (κ3) is 8.93. The van der Waals surface area contributed by atoms with Crippen LogP contribution in [0.5, 0.6) is 0 Å². The largest absolute Gasteiger partial charge is 0.367 e. The quantitative estimate of drug-likeness (QED) is 0.107. The average Bonchev–Trinajstić information content (AvgIpc) is 4.15. The van der Waals surface area contributed by atoms with Crippen LogP contribution in [-0.4, -0.2) is 65.3 Å². The first-order chi connectivity index (χ1) is 31.6. The lowest BCUT2D eigenvalue weighted by Gasteiger charge is -2.37. The van der Waals surface area contributed by atoms with Crippen LogP contribution in [0, 0.1) is 0 Å². The van der Waals surface area contributed by atoms with Gasteiger partial charge in [0.05, 0.1) is 51.9 Å². The van der Waals surface area contributed by atoms with Crippen molar-refractivity contribution >= 4 is 46.4 Å². The van der Waals surface area contributed by atoms with Gasteiger partial charge in [-0.15, -0.1) is 0 Å². The molecule has 8 nitrogen and oxygen atoms in total. The van der Waals surface area contributed by atoms with Crippen LogP contribution in [0.3, 0.4) is 0 Å². The summed E-state index contributed by atoms with van der Waals surface area (Å²) in [6, 6.07) is 10.9. The second-order valence-corrected chi connectivity index (χ2v) is 17.7. The predicted molar refractivity (Wildman–Crippen MR) is 269 cm³/mol. The molecule has 0 aromatic carbocycles. The minimum Gasteiger partial charge on any atom is -0.367 e. The SMILES string of the molecule is CCCCN1C=CC=CC1c1c(C2C=CC=CN2CCCC)c2c(C3C=CC=CN3CCCC)c3nc(cc4ccc(cc5nc(cc1n2C1C=CC=CN1CCCC)C=C5)[nH]4)C=C3. The Morgan fingerprint density at radius 2 is 0.922 bits per heavy atom. The Bertz CT molecular complexity index is 2640. The summed E-state index contributed by atoms with van der Waals surface area (Å²) < 4.78 is 2.71. The molecule has 64 heavy (non-hydrogen) atoms. The number of hydrogen-bond donors (Lipinski definition) is 1. The van der Waals surface area contributed by atoms with E-state index in [9.17, 15) is 0 Å². The molecule has 330 valence electrons. The van der Waals surface area contributed by atoms with Gasteiger partial charge < -0.3 is 29.2 Å². The lowest BCUT2D eigenvalue weighted by molar-refractivity contribution is 0.254. The molecule has 3 aromatic heterocycles. The zero-order chi connectivity index (χ0) is 43.8. The predicted octanol–water partition coefficient (Wildman–Crippen LogP) is 13.5. The van der Waals surface area contributed by atoms with Gasteiger partial charge in [0, 0.05) is 60.1 Å². The number of aromatic nitrogens is 4. The highest BCUT2D eigenvalue weighted by Gasteiger charge is 2.37. The van der Waals surface area contributed by atoms with Crippen LogP contribution in [0.2, 0.25) is 0 Å². The van der Waals surface area contributed by atoms with E-state index in [0.717, 1.165) is 111 Å². The highest BCUT2D eigenvalue weighted by Crippen LogP contribution is 2.48.